The lowest BCUT2D eigenvalue weighted by molar-refractivity contribution is -0.116. The van der Waals surface area contributed by atoms with Crippen molar-refractivity contribution < 1.29 is 23.4 Å². The Kier molecular flexibility index (Phi) is 6.16. The van der Waals surface area contributed by atoms with Crippen LogP contribution in [0.3, 0.4) is 0 Å². The van der Waals surface area contributed by atoms with Crippen molar-refractivity contribution in [1.29, 1.82) is 0 Å². The van der Waals surface area contributed by atoms with Gasteiger partial charge in [-0.05, 0) is 50.1 Å². The van der Waals surface area contributed by atoms with Crippen LogP contribution in [-0.2, 0) is 11.2 Å². The van der Waals surface area contributed by atoms with Crippen molar-refractivity contribution in [3.8, 4) is 17.2 Å². The molecule has 6 heteroatoms. The van der Waals surface area contributed by atoms with Gasteiger partial charge in [0.05, 0.1) is 25.0 Å². The number of hydrogen-bond donors (Lipinski definition) is 1. The van der Waals surface area contributed by atoms with Gasteiger partial charge in [-0.15, -0.1) is 0 Å². The molecule has 0 aromatic heterocycles. The van der Waals surface area contributed by atoms with Gasteiger partial charge in [0, 0.05) is 18.9 Å². The van der Waals surface area contributed by atoms with Gasteiger partial charge in [0.25, 0.3) is 0 Å². The lowest BCUT2D eigenvalue weighted by Crippen LogP contribution is -2.15. The van der Waals surface area contributed by atoms with Gasteiger partial charge >= 0.3 is 0 Å². The molecule has 1 heterocycles. The van der Waals surface area contributed by atoms with E-state index in [-0.39, 0.29) is 18.4 Å². The summed E-state index contributed by atoms with van der Waals surface area (Å²) >= 11 is 0. The van der Waals surface area contributed by atoms with E-state index in [1.807, 2.05) is 32.0 Å². The standard InChI is InChI=1S/C21H24FNO4/c1-14(2)27-18-8-6-16(22)13-17(18)23-21(24)9-5-15-4-7-19-20(12-15)26-11-3-10-25-19/h4,6-8,12-14H,3,5,9-11H2,1-2H3,(H,23,24). The predicted molar refractivity (Wildman–Crippen MR) is 101 cm³/mol. The molecule has 1 aliphatic rings. The molecule has 27 heavy (non-hydrogen) atoms. The van der Waals surface area contributed by atoms with Crippen molar-refractivity contribution in [2.45, 2.75) is 39.2 Å². The normalized spacial score (nSPS) is 13.2. The molecule has 1 N–H and O–H groups in total. The molecular weight excluding hydrogens is 349 g/mol. The summed E-state index contributed by atoms with van der Waals surface area (Å²) < 4.78 is 30.5. The SMILES string of the molecule is CC(C)Oc1ccc(F)cc1NC(=O)CCc1ccc2c(c1)OCCCO2. The first-order chi connectivity index (χ1) is 13.0. The number of ether oxygens (including phenoxy) is 3. The summed E-state index contributed by atoms with van der Waals surface area (Å²) in [7, 11) is 0. The van der Waals surface area contributed by atoms with Gasteiger partial charge in [-0.25, -0.2) is 4.39 Å². The fourth-order valence-electron chi connectivity index (χ4n) is 2.79. The number of fused-ring (bicyclic) bond motifs is 1. The Hall–Kier alpha value is -2.76. The lowest BCUT2D eigenvalue weighted by atomic mass is 10.1. The molecule has 0 radical (unpaired) electrons. The molecule has 0 saturated carbocycles. The average molecular weight is 373 g/mol. The Bertz CT molecular complexity index is 807. The van der Waals surface area contributed by atoms with E-state index in [9.17, 15) is 9.18 Å². The van der Waals surface area contributed by atoms with Crippen LogP contribution >= 0.6 is 0 Å². The number of nitrogens with one attached hydrogen (secondary N) is 1. The van der Waals surface area contributed by atoms with Gasteiger partial charge in [0.2, 0.25) is 5.91 Å². The number of carbonyl (C=O) groups is 1. The molecule has 1 aliphatic heterocycles. The summed E-state index contributed by atoms with van der Waals surface area (Å²) in [6, 6.07) is 9.80. The Labute approximate surface area is 158 Å². The Morgan fingerprint density at radius 3 is 2.70 bits per heavy atom. The molecule has 0 spiro atoms. The van der Waals surface area contributed by atoms with Crippen LogP contribution in [-0.4, -0.2) is 25.2 Å². The maximum Gasteiger partial charge on any atom is 0.224 e. The molecular formula is C21H24FNO4. The molecule has 2 aromatic carbocycles. The van der Waals surface area contributed by atoms with E-state index in [4.69, 9.17) is 14.2 Å². The largest absolute Gasteiger partial charge is 0.490 e. The first kappa shape index (κ1) is 19.0. The fraction of sp³-hybridized carbons (Fsp3) is 0.381. The van der Waals surface area contributed by atoms with E-state index < -0.39 is 5.82 Å². The van der Waals surface area contributed by atoms with Gasteiger partial charge in [-0.1, -0.05) is 6.07 Å². The first-order valence-electron chi connectivity index (χ1n) is 9.16. The third kappa shape index (κ3) is 5.36. The predicted octanol–water partition coefficient (Wildman–Crippen LogP) is 4.35. The van der Waals surface area contributed by atoms with Crippen LogP contribution in [0.15, 0.2) is 36.4 Å². The summed E-state index contributed by atoms with van der Waals surface area (Å²) in [6.45, 7) is 5.01. The van der Waals surface area contributed by atoms with Crippen LogP contribution in [0.25, 0.3) is 0 Å². The molecule has 5 nitrogen and oxygen atoms in total. The van der Waals surface area contributed by atoms with Crippen molar-refractivity contribution in [1.82, 2.24) is 0 Å². The van der Waals surface area contributed by atoms with Gasteiger partial charge in [-0.3, -0.25) is 4.79 Å². The molecule has 0 bridgehead atoms. The van der Waals surface area contributed by atoms with Crippen LogP contribution in [0.5, 0.6) is 17.2 Å². The highest BCUT2D eigenvalue weighted by molar-refractivity contribution is 5.92. The van der Waals surface area contributed by atoms with Crippen molar-refractivity contribution >= 4 is 11.6 Å². The topological polar surface area (TPSA) is 56.8 Å². The maximum absolute atomic E-state index is 13.5. The average Bonchev–Trinajstić information content (AvgIpc) is 2.87. The minimum Gasteiger partial charge on any atom is -0.490 e. The number of benzene rings is 2. The summed E-state index contributed by atoms with van der Waals surface area (Å²) in [5, 5.41) is 2.74. The Balaban J connectivity index is 1.62. The van der Waals surface area contributed by atoms with E-state index in [0.717, 1.165) is 17.7 Å². The molecule has 2 aromatic rings. The Morgan fingerprint density at radius 2 is 1.93 bits per heavy atom. The molecule has 1 amide bonds. The van der Waals surface area contributed by atoms with Crippen molar-refractivity contribution in [2.24, 2.45) is 0 Å². The number of halogens is 1. The number of anilines is 1. The third-order valence-corrected chi connectivity index (χ3v) is 4.03. The molecule has 0 unspecified atom stereocenters. The number of aryl methyl sites for hydroxylation is 1. The third-order valence-electron chi connectivity index (χ3n) is 4.03. The lowest BCUT2D eigenvalue weighted by Gasteiger charge is -2.15. The van der Waals surface area contributed by atoms with Crippen LogP contribution in [0.4, 0.5) is 10.1 Å². The van der Waals surface area contributed by atoms with Crippen LogP contribution < -0.4 is 19.5 Å². The molecule has 3 rings (SSSR count). The zero-order valence-electron chi connectivity index (χ0n) is 15.6. The molecule has 0 aliphatic carbocycles. The molecule has 144 valence electrons. The quantitative estimate of drug-likeness (QED) is 0.818. The maximum atomic E-state index is 13.5. The number of carbonyl (C=O) groups excluding carboxylic acids is 1. The van der Waals surface area contributed by atoms with Gasteiger partial charge < -0.3 is 19.5 Å². The van der Waals surface area contributed by atoms with Gasteiger partial charge in [-0.2, -0.15) is 0 Å². The van der Waals surface area contributed by atoms with Crippen molar-refractivity contribution in [3.63, 3.8) is 0 Å². The van der Waals surface area contributed by atoms with Gasteiger partial charge in [0.15, 0.2) is 11.5 Å². The number of amides is 1. The molecule has 0 fully saturated rings. The number of rotatable bonds is 6. The minimum absolute atomic E-state index is 0.0760. The van der Waals surface area contributed by atoms with Gasteiger partial charge in [0.1, 0.15) is 11.6 Å². The van der Waals surface area contributed by atoms with E-state index in [2.05, 4.69) is 5.32 Å². The molecule has 0 saturated heterocycles. The first-order valence-corrected chi connectivity index (χ1v) is 9.16. The van der Waals surface area contributed by atoms with Crippen LogP contribution in [0, 0.1) is 5.82 Å². The van der Waals surface area contributed by atoms with E-state index >= 15 is 0 Å². The van der Waals surface area contributed by atoms with E-state index in [1.54, 1.807) is 0 Å². The highest BCUT2D eigenvalue weighted by atomic mass is 19.1. The number of hydrogen-bond acceptors (Lipinski definition) is 4. The van der Waals surface area contributed by atoms with Crippen LogP contribution in [0.1, 0.15) is 32.3 Å². The zero-order valence-corrected chi connectivity index (χ0v) is 15.6. The fourth-order valence-corrected chi connectivity index (χ4v) is 2.79. The zero-order chi connectivity index (χ0) is 19.2. The molecule has 0 atom stereocenters. The summed E-state index contributed by atoms with van der Waals surface area (Å²) in [4.78, 5) is 12.3. The summed E-state index contributed by atoms with van der Waals surface area (Å²) in [6.07, 6.45) is 1.57. The minimum atomic E-state index is -0.427. The summed E-state index contributed by atoms with van der Waals surface area (Å²) in [5.41, 5.74) is 1.32. The second-order valence-electron chi connectivity index (χ2n) is 6.69. The van der Waals surface area contributed by atoms with Crippen molar-refractivity contribution in [2.75, 3.05) is 18.5 Å². The highest BCUT2D eigenvalue weighted by Gasteiger charge is 2.13. The smallest absolute Gasteiger partial charge is 0.224 e. The Morgan fingerprint density at radius 1 is 1.15 bits per heavy atom. The second-order valence-corrected chi connectivity index (χ2v) is 6.69. The summed E-state index contributed by atoms with van der Waals surface area (Å²) in [5.74, 6) is 1.26. The van der Waals surface area contributed by atoms with Crippen molar-refractivity contribution in [3.05, 3.63) is 47.8 Å². The monoisotopic (exact) mass is 373 g/mol. The van der Waals surface area contributed by atoms with Crippen LogP contribution in [0.2, 0.25) is 0 Å². The highest BCUT2D eigenvalue weighted by Crippen LogP contribution is 2.31. The van der Waals surface area contributed by atoms with E-state index in [0.29, 0.717) is 36.8 Å². The van der Waals surface area contributed by atoms with E-state index in [1.165, 1.54) is 18.2 Å². The second kappa shape index (κ2) is 8.75.